The zero-order valence-electron chi connectivity index (χ0n) is 12.1. The molecular weight excluding hydrogens is 297 g/mol. The van der Waals surface area contributed by atoms with E-state index in [-0.39, 0.29) is 36.6 Å². The predicted molar refractivity (Wildman–Crippen MR) is 87.9 cm³/mol. The van der Waals surface area contributed by atoms with Gasteiger partial charge in [0.25, 0.3) is 0 Å². The molecule has 0 aliphatic carbocycles. The fraction of sp³-hybridized carbons (Fsp3) is 0.571. The summed E-state index contributed by atoms with van der Waals surface area (Å²) < 4.78 is 0. The number of halogens is 2. The molecule has 1 unspecified atom stereocenters. The van der Waals surface area contributed by atoms with Gasteiger partial charge in [-0.15, -0.1) is 24.8 Å². The Labute approximate surface area is 134 Å². The topological polar surface area (TPSA) is 54.0 Å². The standard InChI is InChI=1S/C14H23N3O.2ClH/c1-3-6-15-8-9-17-14(18)10-12(2)13-5-4-7-16-11-13;;/h4-5,7,11-12,15H,3,6,8-10H2,1-2H3,(H,17,18);2*1H. The van der Waals surface area contributed by atoms with Crippen molar-refractivity contribution in [1.82, 2.24) is 15.6 Å². The molecule has 1 heterocycles. The minimum Gasteiger partial charge on any atom is -0.355 e. The van der Waals surface area contributed by atoms with Crippen molar-refractivity contribution < 1.29 is 4.79 Å². The average molecular weight is 322 g/mol. The van der Waals surface area contributed by atoms with Crippen molar-refractivity contribution in [1.29, 1.82) is 0 Å². The van der Waals surface area contributed by atoms with Crippen molar-refractivity contribution in [3.8, 4) is 0 Å². The number of pyridine rings is 1. The maximum absolute atomic E-state index is 11.7. The molecule has 0 radical (unpaired) electrons. The monoisotopic (exact) mass is 321 g/mol. The lowest BCUT2D eigenvalue weighted by atomic mass is 9.99. The largest absolute Gasteiger partial charge is 0.355 e. The van der Waals surface area contributed by atoms with E-state index >= 15 is 0 Å². The Morgan fingerprint density at radius 3 is 2.65 bits per heavy atom. The zero-order chi connectivity index (χ0) is 13.2. The first-order valence-electron chi connectivity index (χ1n) is 6.61. The highest BCUT2D eigenvalue weighted by molar-refractivity contribution is 5.85. The van der Waals surface area contributed by atoms with Crippen LogP contribution in [0.15, 0.2) is 24.5 Å². The van der Waals surface area contributed by atoms with Gasteiger partial charge in [-0.1, -0.05) is 19.9 Å². The number of carbonyl (C=O) groups is 1. The van der Waals surface area contributed by atoms with E-state index in [0.717, 1.165) is 25.1 Å². The molecule has 0 saturated carbocycles. The Hall–Kier alpha value is -0.840. The van der Waals surface area contributed by atoms with Crippen LogP contribution in [0.1, 0.15) is 38.2 Å². The fourth-order valence-electron chi connectivity index (χ4n) is 1.73. The van der Waals surface area contributed by atoms with Crippen LogP contribution in [0.3, 0.4) is 0 Å². The molecule has 1 atom stereocenters. The van der Waals surface area contributed by atoms with Crippen LogP contribution in [0.25, 0.3) is 0 Å². The first-order chi connectivity index (χ1) is 8.74. The quantitative estimate of drug-likeness (QED) is 0.723. The van der Waals surface area contributed by atoms with E-state index in [1.807, 2.05) is 25.3 Å². The molecule has 1 amide bonds. The lowest BCUT2D eigenvalue weighted by molar-refractivity contribution is -0.121. The molecule has 0 aromatic carbocycles. The highest BCUT2D eigenvalue weighted by Gasteiger charge is 2.10. The summed E-state index contributed by atoms with van der Waals surface area (Å²) >= 11 is 0. The minimum atomic E-state index is 0. The number of hydrogen-bond donors (Lipinski definition) is 2. The van der Waals surface area contributed by atoms with Gasteiger partial charge in [0.15, 0.2) is 0 Å². The maximum Gasteiger partial charge on any atom is 0.220 e. The Morgan fingerprint density at radius 1 is 1.30 bits per heavy atom. The second kappa shape index (κ2) is 13.2. The molecule has 116 valence electrons. The molecule has 4 nitrogen and oxygen atoms in total. The average Bonchev–Trinajstić information content (AvgIpc) is 2.39. The van der Waals surface area contributed by atoms with Crippen molar-refractivity contribution in [3.63, 3.8) is 0 Å². The molecule has 1 aromatic rings. The van der Waals surface area contributed by atoms with Gasteiger partial charge < -0.3 is 10.6 Å². The summed E-state index contributed by atoms with van der Waals surface area (Å²) in [5, 5.41) is 6.17. The SMILES string of the molecule is CCCNCCNC(=O)CC(C)c1cccnc1.Cl.Cl. The molecule has 0 fully saturated rings. The number of amides is 1. The van der Waals surface area contributed by atoms with E-state index in [1.165, 1.54) is 0 Å². The second-order valence-corrected chi connectivity index (χ2v) is 4.49. The molecule has 2 N–H and O–H groups in total. The Kier molecular flexibility index (Phi) is 14.1. The Balaban J connectivity index is 0. The van der Waals surface area contributed by atoms with Crippen molar-refractivity contribution in [2.24, 2.45) is 0 Å². The first kappa shape index (κ1) is 21.5. The van der Waals surface area contributed by atoms with Gasteiger partial charge in [0.2, 0.25) is 5.91 Å². The van der Waals surface area contributed by atoms with Crippen LogP contribution in [0.2, 0.25) is 0 Å². The van der Waals surface area contributed by atoms with E-state index in [0.29, 0.717) is 13.0 Å². The first-order valence-corrected chi connectivity index (χ1v) is 6.61. The van der Waals surface area contributed by atoms with Crippen molar-refractivity contribution in [2.45, 2.75) is 32.6 Å². The van der Waals surface area contributed by atoms with Gasteiger partial charge in [-0.05, 0) is 30.5 Å². The van der Waals surface area contributed by atoms with Gasteiger partial charge >= 0.3 is 0 Å². The minimum absolute atomic E-state index is 0. The lowest BCUT2D eigenvalue weighted by Gasteiger charge is -2.11. The van der Waals surface area contributed by atoms with E-state index in [2.05, 4.69) is 22.5 Å². The molecule has 0 saturated heterocycles. The number of nitrogens with one attached hydrogen (secondary N) is 2. The Bertz CT molecular complexity index is 350. The van der Waals surface area contributed by atoms with Crippen LogP contribution in [-0.4, -0.2) is 30.5 Å². The Morgan fingerprint density at radius 2 is 2.05 bits per heavy atom. The third-order valence-electron chi connectivity index (χ3n) is 2.80. The molecule has 20 heavy (non-hydrogen) atoms. The highest BCUT2D eigenvalue weighted by atomic mass is 35.5. The smallest absolute Gasteiger partial charge is 0.220 e. The number of hydrogen-bond acceptors (Lipinski definition) is 3. The third kappa shape index (κ3) is 9.13. The number of rotatable bonds is 8. The zero-order valence-corrected chi connectivity index (χ0v) is 13.7. The lowest BCUT2D eigenvalue weighted by Crippen LogP contribution is -2.32. The normalized spacial score (nSPS) is 10.9. The summed E-state index contributed by atoms with van der Waals surface area (Å²) in [7, 11) is 0. The number of nitrogens with zero attached hydrogens (tertiary/aromatic N) is 1. The van der Waals surface area contributed by atoms with Gasteiger partial charge in [0.1, 0.15) is 0 Å². The highest BCUT2D eigenvalue weighted by Crippen LogP contribution is 2.16. The summed E-state index contributed by atoms with van der Waals surface area (Å²) in [5.41, 5.74) is 1.11. The van der Waals surface area contributed by atoms with Crippen LogP contribution in [0.4, 0.5) is 0 Å². The van der Waals surface area contributed by atoms with Gasteiger partial charge in [-0.25, -0.2) is 0 Å². The molecular formula is C14H25Cl2N3O. The van der Waals surface area contributed by atoms with E-state index in [9.17, 15) is 4.79 Å². The molecule has 0 aliphatic heterocycles. The molecule has 0 bridgehead atoms. The molecule has 0 aliphatic rings. The predicted octanol–water partition coefficient (Wildman–Crippen LogP) is 2.53. The third-order valence-corrected chi connectivity index (χ3v) is 2.80. The van der Waals surface area contributed by atoms with Crippen LogP contribution < -0.4 is 10.6 Å². The summed E-state index contributed by atoms with van der Waals surface area (Å²) in [5.74, 6) is 0.312. The van der Waals surface area contributed by atoms with Gasteiger partial charge in [-0.3, -0.25) is 9.78 Å². The molecule has 6 heteroatoms. The number of carbonyl (C=O) groups excluding carboxylic acids is 1. The fourth-order valence-corrected chi connectivity index (χ4v) is 1.73. The molecule has 0 spiro atoms. The second-order valence-electron chi connectivity index (χ2n) is 4.49. The van der Waals surface area contributed by atoms with Crippen LogP contribution in [0, 0.1) is 0 Å². The van der Waals surface area contributed by atoms with Crippen LogP contribution in [-0.2, 0) is 4.79 Å². The van der Waals surface area contributed by atoms with Crippen LogP contribution in [0.5, 0.6) is 0 Å². The summed E-state index contributed by atoms with van der Waals surface area (Å²) in [6, 6.07) is 3.91. The summed E-state index contributed by atoms with van der Waals surface area (Å²) in [6.07, 6.45) is 5.20. The van der Waals surface area contributed by atoms with E-state index in [4.69, 9.17) is 0 Å². The van der Waals surface area contributed by atoms with Crippen molar-refractivity contribution in [3.05, 3.63) is 30.1 Å². The maximum atomic E-state index is 11.7. The molecule has 1 rings (SSSR count). The summed E-state index contributed by atoms with van der Waals surface area (Å²) in [6.45, 7) is 6.70. The van der Waals surface area contributed by atoms with Crippen molar-refractivity contribution in [2.75, 3.05) is 19.6 Å². The number of aromatic nitrogens is 1. The van der Waals surface area contributed by atoms with Gasteiger partial charge in [0.05, 0.1) is 0 Å². The van der Waals surface area contributed by atoms with Crippen molar-refractivity contribution >= 4 is 30.7 Å². The van der Waals surface area contributed by atoms with Gasteiger partial charge in [-0.2, -0.15) is 0 Å². The van der Waals surface area contributed by atoms with Gasteiger partial charge in [0, 0.05) is 31.9 Å². The summed E-state index contributed by atoms with van der Waals surface area (Å²) in [4.78, 5) is 15.8. The van der Waals surface area contributed by atoms with Crippen LogP contribution >= 0.6 is 24.8 Å². The van der Waals surface area contributed by atoms with E-state index in [1.54, 1.807) is 6.20 Å². The molecule has 1 aromatic heterocycles. The van der Waals surface area contributed by atoms with E-state index < -0.39 is 0 Å².